The minimum Gasteiger partial charge on any atom is -0.432 e. The SMILES string of the molecule is O=C(Cn1cccn1)N1C[C@@H]2CN(c3ncco3)C[C@]2(CCc2ccccc2)C1. The molecule has 7 nitrogen and oxygen atoms in total. The lowest BCUT2D eigenvalue weighted by Crippen LogP contribution is -2.38. The van der Waals surface area contributed by atoms with Gasteiger partial charge in [0, 0.05) is 49.9 Å². The first-order valence-corrected chi connectivity index (χ1v) is 10.2. The molecule has 0 radical (unpaired) electrons. The van der Waals surface area contributed by atoms with Crippen LogP contribution in [-0.4, -0.2) is 51.8 Å². The van der Waals surface area contributed by atoms with Crippen molar-refractivity contribution in [3.8, 4) is 0 Å². The Labute approximate surface area is 169 Å². The Bertz CT molecular complexity index is 941. The first-order chi connectivity index (χ1) is 14.2. The van der Waals surface area contributed by atoms with Crippen molar-refractivity contribution in [3.63, 3.8) is 0 Å². The molecule has 7 heteroatoms. The van der Waals surface area contributed by atoms with Gasteiger partial charge in [0.15, 0.2) is 0 Å². The molecule has 2 fully saturated rings. The lowest BCUT2D eigenvalue weighted by Gasteiger charge is -2.29. The molecular weight excluding hydrogens is 366 g/mol. The second-order valence-electron chi connectivity index (χ2n) is 8.22. The zero-order chi connectivity index (χ0) is 19.7. The van der Waals surface area contributed by atoms with E-state index in [2.05, 4.69) is 45.3 Å². The smallest absolute Gasteiger partial charge is 0.297 e. The number of likely N-dealkylation sites (tertiary alicyclic amines) is 1. The van der Waals surface area contributed by atoms with Gasteiger partial charge in [-0.2, -0.15) is 5.10 Å². The second kappa shape index (κ2) is 7.39. The third kappa shape index (κ3) is 3.52. The number of fused-ring (bicyclic) bond motifs is 1. The first kappa shape index (κ1) is 18.0. The van der Waals surface area contributed by atoms with Crippen molar-refractivity contribution in [2.24, 2.45) is 11.3 Å². The minimum absolute atomic E-state index is 0.0596. The maximum atomic E-state index is 12.9. The highest BCUT2D eigenvalue weighted by Gasteiger charge is 2.53. The predicted molar refractivity (Wildman–Crippen MR) is 108 cm³/mol. The van der Waals surface area contributed by atoms with Gasteiger partial charge in [-0.15, -0.1) is 0 Å². The molecule has 0 spiro atoms. The van der Waals surface area contributed by atoms with E-state index in [-0.39, 0.29) is 11.3 Å². The van der Waals surface area contributed by atoms with Crippen LogP contribution in [0.1, 0.15) is 12.0 Å². The Morgan fingerprint density at radius 3 is 2.79 bits per heavy atom. The summed E-state index contributed by atoms with van der Waals surface area (Å²) in [5.74, 6) is 0.560. The largest absolute Gasteiger partial charge is 0.432 e. The molecule has 4 heterocycles. The van der Waals surface area contributed by atoms with Crippen LogP contribution in [0.15, 0.2) is 65.7 Å². The number of benzene rings is 1. The van der Waals surface area contributed by atoms with Crippen LogP contribution in [0.4, 0.5) is 6.01 Å². The molecule has 0 aliphatic carbocycles. The molecule has 2 aromatic heterocycles. The highest BCUT2D eigenvalue weighted by atomic mass is 16.4. The number of anilines is 1. The molecule has 0 unspecified atom stereocenters. The van der Waals surface area contributed by atoms with Gasteiger partial charge < -0.3 is 14.2 Å². The maximum absolute atomic E-state index is 12.9. The number of hydrogen-bond donors (Lipinski definition) is 0. The molecule has 2 aliphatic rings. The monoisotopic (exact) mass is 391 g/mol. The molecular formula is C22H25N5O2. The quantitative estimate of drug-likeness (QED) is 0.646. The van der Waals surface area contributed by atoms with Gasteiger partial charge >= 0.3 is 0 Å². The third-order valence-corrected chi connectivity index (χ3v) is 6.41. The molecule has 2 atom stereocenters. The second-order valence-corrected chi connectivity index (χ2v) is 8.22. The normalized spacial score (nSPS) is 23.5. The summed E-state index contributed by atoms with van der Waals surface area (Å²) < 4.78 is 7.26. The minimum atomic E-state index is 0.0596. The van der Waals surface area contributed by atoms with E-state index in [9.17, 15) is 4.79 Å². The number of carbonyl (C=O) groups is 1. The van der Waals surface area contributed by atoms with Crippen molar-refractivity contribution in [1.29, 1.82) is 0 Å². The highest BCUT2D eigenvalue weighted by Crippen LogP contribution is 2.46. The van der Waals surface area contributed by atoms with E-state index >= 15 is 0 Å². The number of aromatic nitrogens is 3. The van der Waals surface area contributed by atoms with E-state index in [1.165, 1.54) is 5.56 Å². The van der Waals surface area contributed by atoms with Crippen molar-refractivity contribution >= 4 is 11.9 Å². The van der Waals surface area contributed by atoms with Gasteiger partial charge in [0.1, 0.15) is 12.8 Å². The van der Waals surface area contributed by atoms with Crippen molar-refractivity contribution in [2.75, 3.05) is 31.1 Å². The number of oxazole rings is 1. The van der Waals surface area contributed by atoms with Crippen LogP contribution in [0.25, 0.3) is 0 Å². The molecule has 3 aromatic rings. The van der Waals surface area contributed by atoms with E-state index in [1.54, 1.807) is 23.3 Å². The predicted octanol–water partition coefficient (Wildman–Crippen LogP) is 2.47. The number of rotatable bonds is 6. The molecule has 5 rings (SSSR count). The Morgan fingerprint density at radius 1 is 1.14 bits per heavy atom. The fourth-order valence-corrected chi connectivity index (χ4v) is 4.92. The van der Waals surface area contributed by atoms with E-state index < -0.39 is 0 Å². The molecule has 29 heavy (non-hydrogen) atoms. The van der Waals surface area contributed by atoms with Gasteiger partial charge in [-0.25, -0.2) is 4.98 Å². The van der Waals surface area contributed by atoms with Crippen LogP contribution in [-0.2, 0) is 17.8 Å². The summed E-state index contributed by atoms with van der Waals surface area (Å²) in [4.78, 5) is 21.5. The van der Waals surface area contributed by atoms with Crippen LogP contribution >= 0.6 is 0 Å². The van der Waals surface area contributed by atoms with E-state index in [1.807, 2.05) is 17.2 Å². The molecule has 1 aromatic carbocycles. The topological polar surface area (TPSA) is 67.4 Å². The van der Waals surface area contributed by atoms with Crippen molar-refractivity contribution in [2.45, 2.75) is 19.4 Å². The average Bonchev–Trinajstić information content (AvgIpc) is 3.50. The molecule has 0 saturated carbocycles. The Balaban J connectivity index is 1.33. The van der Waals surface area contributed by atoms with E-state index in [0.717, 1.165) is 39.0 Å². The zero-order valence-electron chi connectivity index (χ0n) is 16.4. The van der Waals surface area contributed by atoms with Gasteiger partial charge in [0.25, 0.3) is 6.01 Å². The molecule has 0 bridgehead atoms. The summed E-state index contributed by atoms with van der Waals surface area (Å²) in [7, 11) is 0. The number of aryl methyl sites for hydroxylation is 1. The Kier molecular flexibility index (Phi) is 4.58. The van der Waals surface area contributed by atoms with Gasteiger partial charge in [-0.05, 0) is 24.5 Å². The lowest BCUT2D eigenvalue weighted by atomic mass is 9.76. The van der Waals surface area contributed by atoms with Gasteiger partial charge in [0.2, 0.25) is 5.91 Å². The van der Waals surface area contributed by atoms with Gasteiger partial charge in [-0.3, -0.25) is 9.48 Å². The number of hydrogen-bond acceptors (Lipinski definition) is 5. The van der Waals surface area contributed by atoms with Crippen LogP contribution in [0.3, 0.4) is 0 Å². The molecule has 150 valence electrons. The Hall–Kier alpha value is -3.09. The number of nitrogens with zero attached hydrogens (tertiary/aromatic N) is 5. The molecule has 2 saturated heterocycles. The van der Waals surface area contributed by atoms with Crippen LogP contribution in [0, 0.1) is 11.3 Å². The fraction of sp³-hybridized carbons (Fsp3) is 0.409. The van der Waals surface area contributed by atoms with Gasteiger partial charge in [-0.1, -0.05) is 30.3 Å². The van der Waals surface area contributed by atoms with Crippen molar-refractivity contribution < 1.29 is 9.21 Å². The summed E-state index contributed by atoms with van der Waals surface area (Å²) >= 11 is 0. The number of carbonyl (C=O) groups excluding carboxylic acids is 1. The summed E-state index contributed by atoms with van der Waals surface area (Å²) in [6, 6.07) is 13.1. The average molecular weight is 391 g/mol. The van der Waals surface area contributed by atoms with E-state index in [0.29, 0.717) is 18.5 Å². The maximum Gasteiger partial charge on any atom is 0.297 e. The summed E-state index contributed by atoms with van der Waals surface area (Å²) in [5, 5.41) is 4.18. The number of amides is 1. The summed E-state index contributed by atoms with van der Waals surface area (Å²) in [6.07, 6.45) is 8.92. The molecule has 1 amide bonds. The Morgan fingerprint density at radius 2 is 2.03 bits per heavy atom. The summed E-state index contributed by atoms with van der Waals surface area (Å²) in [6.45, 7) is 3.61. The van der Waals surface area contributed by atoms with Crippen LogP contribution < -0.4 is 4.90 Å². The van der Waals surface area contributed by atoms with Crippen molar-refractivity contribution in [1.82, 2.24) is 19.7 Å². The summed E-state index contributed by atoms with van der Waals surface area (Å²) in [5.41, 5.74) is 1.40. The molecule has 2 aliphatic heterocycles. The van der Waals surface area contributed by atoms with Crippen molar-refractivity contribution in [3.05, 3.63) is 66.8 Å². The lowest BCUT2D eigenvalue weighted by molar-refractivity contribution is -0.131. The zero-order valence-corrected chi connectivity index (χ0v) is 16.4. The van der Waals surface area contributed by atoms with Crippen LogP contribution in [0.2, 0.25) is 0 Å². The standard InChI is InChI=1S/C22H25N5O2/c28-20(15-27-11-4-9-24-27)25-13-19-14-26(21-23-10-12-29-21)17-22(19,16-25)8-7-18-5-2-1-3-6-18/h1-6,9-12,19H,7-8,13-17H2/t19-,22+/m1/s1. The van der Waals surface area contributed by atoms with Crippen LogP contribution in [0.5, 0.6) is 0 Å². The highest BCUT2D eigenvalue weighted by molar-refractivity contribution is 5.76. The third-order valence-electron chi connectivity index (χ3n) is 6.41. The first-order valence-electron chi connectivity index (χ1n) is 10.2. The van der Waals surface area contributed by atoms with E-state index in [4.69, 9.17) is 4.42 Å². The fourth-order valence-electron chi connectivity index (χ4n) is 4.92. The van der Waals surface area contributed by atoms with Gasteiger partial charge in [0.05, 0.1) is 6.20 Å². The molecule has 0 N–H and O–H groups in total.